The number of hydrogen-bond acceptors (Lipinski definition) is 4. The molecule has 0 fully saturated rings. The van der Waals surface area contributed by atoms with Crippen LogP contribution in [0.2, 0.25) is 5.02 Å². The Balaban J connectivity index is 1.68. The topological polar surface area (TPSA) is 58.9 Å². The van der Waals surface area contributed by atoms with E-state index in [2.05, 4.69) is 9.97 Å². The first-order valence-electron chi connectivity index (χ1n) is 6.68. The summed E-state index contributed by atoms with van der Waals surface area (Å²) in [6.45, 7) is 0. The van der Waals surface area contributed by atoms with Crippen LogP contribution in [-0.2, 0) is 12.2 Å². The molecule has 4 nitrogen and oxygen atoms in total. The van der Waals surface area contributed by atoms with Gasteiger partial charge in [-0.25, -0.2) is 4.98 Å². The number of nitrogens with one attached hydrogen (secondary N) is 1. The molecule has 0 radical (unpaired) electrons. The summed E-state index contributed by atoms with van der Waals surface area (Å²) in [5.74, 6) is 1.44. The Morgan fingerprint density at radius 1 is 1.27 bits per heavy atom. The average Bonchev–Trinajstić information content (AvgIpc) is 3.01. The van der Waals surface area contributed by atoms with Crippen molar-refractivity contribution in [2.75, 3.05) is 0 Å². The summed E-state index contributed by atoms with van der Waals surface area (Å²) >= 11 is 7.41. The molecule has 1 aromatic carbocycles. The highest BCUT2D eigenvalue weighted by molar-refractivity contribution is 7.98. The van der Waals surface area contributed by atoms with E-state index in [9.17, 15) is 4.79 Å². The van der Waals surface area contributed by atoms with Crippen molar-refractivity contribution in [3.63, 3.8) is 0 Å². The largest absolute Gasteiger partial charge is 0.469 e. The van der Waals surface area contributed by atoms with E-state index in [4.69, 9.17) is 16.0 Å². The van der Waals surface area contributed by atoms with Gasteiger partial charge in [0.15, 0.2) is 5.16 Å². The Bertz CT molecular complexity index is 815. The molecule has 0 aliphatic rings. The van der Waals surface area contributed by atoms with Gasteiger partial charge >= 0.3 is 0 Å². The third-order valence-electron chi connectivity index (χ3n) is 3.06. The van der Waals surface area contributed by atoms with Crippen LogP contribution in [0.15, 0.2) is 63.2 Å². The summed E-state index contributed by atoms with van der Waals surface area (Å²) in [4.78, 5) is 19.1. The van der Waals surface area contributed by atoms with Gasteiger partial charge in [0.05, 0.1) is 6.26 Å². The monoisotopic (exact) mass is 332 g/mol. The lowest BCUT2D eigenvalue weighted by atomic mass is 10.2. The van der Waals surface area contributed by atoms with Crippen molar-refractivity contribution < 1.29 is 4.42 Å². The van der Waals surface area contributed by atoms with E-state index in [1.165, 1.54) is 11.8 Å². The summed E-state index contributed by atoms with van der Waals surface area (Å²) in [5.41, 5.74) is 1.53. The summed E-state index contributed by atoms with van der Waals surface area (Å²) in [5, 5.41) is 1.29. The first kappa shape index (κ1) is 14.9. The predicted octanol–water partition coefficient (Wildman–Crippen LogP) is 3.90. The molecule has 1 N–H and O–H groups in total. The highest BCUT2D eigenvalue weighted by Gasteiger charge is 2.06. The lowest BCUT2D eigenvalue weighted by molar-refractivity contribution is 0.519. The summed E-state index contributed by atoms with van der Waals surface area (Å²) < 4.78 is 5.24. The summed E-state index contributed by atoms with van der Waals surface area (Å²) in [7, 11) is 0. The van der Waals surface area contributed by atoms with Gasteiger partial charge in [-0.15, -0.1) is 0 Å². The molecule has 0 saturated heterocycles. The molecule has 6 heteroatoms. The Morgan fingerprint density at radius 2 is 2.18 bits per heavy atom. The smallest absolute Gasteiger partial charge is 0.255 e. The van der Waals surface area contributed by atoms with Crippen LogP contribution in [0.3, 0.4) is 0 Å². The van der Waals surface area contributed by atoms with Gasteiger partial charge in [0, 0.05) is 29.0 Å². The van der Waals surface area contributed by atoms with Crippen molar-refractivity contribution in [1.29, 1.82) is 0 Å². The zero-order valence-corrected chi connectivity index (χ0v) is 13.2. The van der Waals surface area contributed by atoms with Crippen molar-refractivity contribution >= 4 is 23.4 Å². The van der Waals surface area contributed by atoms with Crippen LogP contribution in [0, 0.1) is 0 Å². The van der Waals surface area contributed by atoms with E-state index in [-0.39, 0.29) is 5.56 Å². The van der Waals surface area contributed by atoms with Gasteiger partial charge in [-0.1, -0.05) is 35.5 Å². The maximum absolute atomic E-state index is 12.1. The molecule has 3 rings (SSSR count). The zero-order valence-electron chi connectivity index (χ0n) is 11.6. The zero-order chi connectivity index (χ0) is 15.4. The van der Waals surface area contributed by atoms with Crippen molar-refractivity contribution in [3.8, 4) is 0 Å². The molecule has 2 aromatic heterocycles. The van der Waals surface area contributed by atoms with Gasteiger partial charge in [0.2, 0.25) is 0 Å². The summed E-state index contributed by atoms with van der Waals surface area (Å²) in [6.07, 6.45) is 3.63. The Labute approximate surface area is 136 Å². The van der Waals surface area contributed by atoms with Gasteiger partial charge in [0.1, 0.15) is 5.76 Å². The number of nitrogens with zero attached hydrogens (tertiary/aromatic N) is 1. The number of aromatic nitrogens is 2. The fourth-order valence-corrected chi connectivity index (χ4v) is 2.97. The molecule has 0 aliphatic carbocycles. The molecule has 0 saturated carbocycles. The Hall–Kier alpha value is -1.98. The predicted molar refractivity (Wildman–Crippen MR) is 87.4 cm³/mol. The number of H-pyrrole nitrogens is 1. The number of thioether (sulfide) groups is 1. The van der Waals surface area contributed by atoms with Crippen LogP contribution >= 0.6 is 23.4 Å². The molecule has 22 heavy (non-hydrogen) atoms. The Morgan fingerprint density at radius 3 is 2.91 bits per heavy atom. The minimum absolute atomic E-state index is 0.139. The number of benzene rings is 1. The molecule has 112 valence electrons. The highest BCUT2D eigenvalue weighted by Crippen LogP contribution is 2.20. The third-order valence-corrected chi connectivity index (χ3v) is 4.25. The molecule has 0 unspecified atom stereocenters. The molecule has 0 amide bonds. The second kappa shape index (κ2) is 6.85. The average molecular weight is 333 g/mol. The van der Waals surface area contributed by atoms with Crippen LogP contribution in [0.5, 0.6) is 0 Å². The first-order valence-corrected chi connectivity index (χ1v) is 8.05. The number of halogens is 1. The standard InChI is InChI=1S/C16H13ClN2O2S/c17-13-4-1-3-11(7-13)10-22-16-18-9-12(15(20)19-16)8-14-5-2-6-21-14/h1-7,9H,8,10H2,(H,18,19,20). The Kier molecular flexibility index (Phi) is 4.65. The first-order chi connectivity index (χ1) is 10.7. The van der Waals surface area contributed by atoms with E-state index in [0.29, 0.717) is 27.9 Å². The van der Waals surface area contributed by atoms with Crippen molar-refractivity contribution in [3.05, 3.63) is 81.1 Å². The quantitative estimate of drug-likeness (QED) is 0.568. The van der Waals surface area contributed by atoms with Crippen LogP contribution in [0.1, 0.15) is 16.9 Å². The van der Waals surface area contributed by atoms with Crippen LogP contribution < -0.4 is 5.56 Å². The van der Waals surface area contributed by atoms with E-state index >= 15 is 0 Å². The van der Waals surface area contributed by atoms with E-state index in [1.54, 1.807) is 18.5 Å². The minimum Gasteiger partial charge on any atom is -0.469 e. The molecule has 3 aromatic rings. The number of hydrogen-bond donors (Lipinski definition) is 1. The number of furan rings is 1. The normalized spacial score (nSPS) is 10.8. The fraction of sp³-hybridized carbons (Fsp3) is 0.125. The van der Waals surface area contributed by atoms with Gasteiger partial charge < -0.3 is 9.40 Å². The lowest BCUT2D eigenvalue weighted by Crippen LogP contribution is -2.14. The van der Waals surface area contributed by atoms with E-state index in [0.717, 1.165) is 11.3 Å². The second-order valence-corrected chi connectivity index (χ2v) is 6.12. The van der Waals surface area contributed by atoms with Crippen LogP contribution in [0.25, 0.3) is 0 Å². The van der Waals surface area contributed by atoms with E-state index < -0.39 is 0 Å². The van der Waals surface area contributed by atoms with Gasteiger partial charge in [-0.2, -0.15) is 0 Å². The highest BCUT2D eigenvalue weighted by atomic mass is 35.5. The molecule has 0 aliphatic heterocycles. The molecular weight excluding hydrogens is 320 g/mol. The molecule has 2 heterocycles. The van der Waals surface area contributed by atoms with Gasteiger partial charge in [-0.05, 0) is 29.8 Å². The maximum atomic E-state index is 12.1. The lowest BCUT2D eigenvalue weighted by Gasteiger charge is -2.03. The summed E-state index contributed by atoms with van der Waals surface area (Å²) in [6, 6.07) is 11.3. The fourth-order valence-electron chi connectivity index (χ4n) is 1.98. The van der Waals surface area contributed by atoms with Crippen molar-refractivity contribution in [1.82, 2.24) is 9.97 Å². The number of aromatic amines is 1. The third kappa shape index (κ3) is 3.81. The van der Waals surface area contributed by atoms with Gasteiger partial charge in [-0.3, -0.25) is 4.79 Å². The minimum atomic E-state index is -0.139. The molecule has 0 spiro atoms. The van der Waals surface area contributed by atoms with Gasteiger partial charge in [0.25, 0.3) is 5.56 Å². The van der Waals surface area contributed by atoms with Crippen molar-refractivity contribution in [2.24, 2.45) is 0 Å². The second-order valence-electron chi connectivity index (χ2n) is 4.72. The van der Waals surface area contributed by atoms with Crippen LogP contribution in [-0.4, -0.2) is 9.97 Å². The maximum Gasteiger partial charge on any atom is 0.255 e. The SMILES string of the molecule is O=c1[nH]c(SCc2cccc(Cl)c2)ncc1Cc1ccco1. The molecule has 0 bridgehead atoms. The van der Waals surface area contributed by atoms with Crippen molar-refractivity contribution in [2.45, 2.75) is 17.3 Å². The van der Waals surface area contributed by atoms with Crippen LogP contribution in [0.4, 0.5) is 0 Å². The van der Waals surface area contributed by atoms with E-state index in [1.807, 2.05) is 30.3 Å². The molecule has 0 atom stereocenters. The molecular formula is C16H13ClN2O2S. The number of rotatable bonds is 5.